The Bertz CT molecular complexity index is 516. The molecule has 0 aliphatic carbocycles. The summed E-state index contributed by atoms with van der Waals surface area (Å²) in [6, 6.07) is 4.87. The van der Waals surface area contributed by atoms with Gasteiger partial charge in [-0.3, -0.25) is 4.98 Å². The Balaban J connectivity index is 0.000000177. The van der Waals surface area contributed by atoms with E-state index in [-0.39, 0.29) is 0 Å². The molecule has 2 saturated heterocycles. The molecule has 3 rings (SSSR count). The molecule has 0 aromatic carbocycles. The quantitative estimate of drug-likeness (QED) is 0.684. The van der Waals surface area contributed by atoms with Crippen molar-refractivity contribution in [2.24, 2.45) is 5.92 Å². The molecular weight excluding hydrogens is 274 g/mol. The van der Waals surface area contributed by atoms with Crippen LogP contribution in [0, 0.1) is 5.92 Å². The molecule has 0 saturated carbocycles. The highest BCUT2D eigenvalue weighted by Crippen LogP contribution is 2.32. The molecule has 3 N–H and O–H groups in total. The van der Waals surface area contributed by atoms with Crippen molar-refractivity contribution in [1.29, 1.82) is 0 Å². The predicted octanol–water partition coefficient (Wildman–Crippen LogP) is 0.201. The maximum atomic E-state index is 9.55. The van der Waals surface area contributed by atoms with Crippen LogP contribution in [0.1, 0.15) is 0 Å². The molecule has 112 valence electrons. The molecule has 0 bridgehead atoms. The van der Waals surface area contributed by atoms with Gasteiger partial charge in [0.2, 0.25) is 0 Å². The summed E-state index contributed by atoms with van der Waals surface area (Å²) in [6.07, 6.45) is 4.90. The standard InChI is InChI=1S/C10H13N3.C4H4O4/c1-2-9(5-11-3-1)13-7-8-4-12-6-10(8)13;5-3(6)1-2-4(7)8/h1-3,5,8,10,12H,4,6-7H2;1-2H,(H,5,6)(H,7,8)/b;2-1+/t8-,10-;/m1./s1. The highest BCUT2D eigenvalue weighted by molar-refractivity contribution is 5.89. The molecule has 0 radical (unpaired) electrons. The molecule has 0 amide bonds. The van der Waals surface area contributed by atoms with Gasteiger partial charge in [-0.15, -0.1) is 0 Å². The fraction of sp³-hybridized carbons (Fsp3) is 0.357. The van der Waals surface area contributed by atoms with Crippen molar-refractivity contribution in [3.63, 3.8) is 0 Å². The molecule has 2 aliphatic heterocycles. The van der Waals surface area contributed by atoms with Crippen molar-refractivity contribution in [2.45, 2.75) is 6.04 Å². The summed E-state index contributed by atoms with van der Waals surface area (Å²) in [6.45, 7) is 3.53. The summed E-state index contributed by atoms with van der Waals surface area (Å²) in [5.74, 6) is -1.64. The number of hydrogen-bond donors (Lipinski definition) is 3. The minimum absolute atomic E-state index is 0.558. The monoisotopic (exact) mass is 291 g/mol. The number of fused-ring (bicyclic) bond motifs is 1. The molecule has 1 aromatic rings. The minimum atomic E-state index is -1.26. The molecule has 7 nitrogen and oxygen atoms in total. The number of carboxylic acid groups (broad SMARTS) is 2. The van der Waals surface area contributed by atoms with Gasteiger partial charge in [0.1, 0.15) is 0 Å². The number of hydrogen-bond acceptors (Lipinski definition) is 5. The smallest absolute Gasteiger partial charge is 0.328 e. The van der Waals surface area contributed by atoms with Crippen molar-refractivity contribution < 1.29 is 19.8 Å². The molecule has 0 spiro atoms. The van der Waals surface area contributed by atoms with E-state index >= 15 is 0 Å². The van der Waals surface area contributed by atoms with E-state index in [1.807, 2.05) is 18.5 Å². The van der Waals surface area contributed by atoms with Gasteiger partial charge in [0, 0.05) is 49.9 Å². The van der Waals surface area contributed by atoms with Crippen LogP contribution in [0.4, 0.5) is 5.69 Å². The highest BCUT2D eigenvalue weighted by atomic mass is 16.4. The second-order valence-corrected chi connectivity index (χ2v) is 4.86. The zero-order valence-corrected chi connectivity index (χ0v) is 11.3. The maximum Gasteiger partial charge on any atom is 0.328 e. The van der Waals surface area contributed by atoms with E-state index in [9.17, 15) is 9.59 Å². The third kappa shape index (κ3) is 4.03. The van der Waals surface area contributed by atoms with E-state index < -0.39 is 11.9 Å². The normalized spacial score (nSPS) is 23.0. The highest BCUT2D eigenvalue weighted by Gasteiger charge is 2.41. The van der Waals surface area contributed by atoms with E-state index in [0.717, 1.165) is 18.5 Å². The van der Waals surface area contributed by atoms with Crippen molar-refractivity contribution in [3.8, 4) is 0 Å². The molecule has 2 fully saturated rings. The molecule has 0 unspecified atom stereocenters. The van der Waals surface area contributed by atoms with Crippen LogP contribution < -0.4 is 10.2 Å². The number of rotatable bonds is 3. The van der Waals surface area contributed by atoms with Crippen LogP contribution in [0.15, 0.2) is 36.7 Å². The molecule has 2 aliphatic rings. The molecule has 7 heteroatoms. The van der Waals surface area contributed by atoms with Crippen molar-refractivity contribution in [1.82, 2.24) is 10.3 Å². The lowest BCUT2D eigenvalue weighted by molar-refractivity contribution is -0.134. The van der Waals surface area contributed by atoms with E-state index in [1.54, 1.807) is 0 Å². The van der Waals surface area contributed by atoms with E-state index in [4.69, 9.17) is 10.2 Å². The Kier molecular flexibility index (Phi) is 4.89. The first-order valence-electron chi connectivity index (χ1n) is 6.59. The van der Waals surface area contributed by atoms with Gasteiger partial charge < -0.3 is 20.4 Å². The lowest BCUT2D eigenvalue weighted by atomic mass is 9.91. The largest absolute Gasteiger partial charge is 0.478 e. The number of carboxylic acids is 2. The zero-order chi connectivity index (χ0) is 15.2. The minimum Gasteiger partial charge on any atom is -0.478 e. The van der Waals surface area contributed by atoms with Crippen molar-refractivity contribution in [2.75, 3.05) is 24.5 Å². The Morgan fingerprint density at radius 1 is 1.29 bits per heavy atom. The Labute approximate surface area is 121 Å². The van der Waals surface area contributed by atoms with Crippen LogP contribution in [-0.4, -0.2) is 52.8 Å². The second kappa shape index (κ2) is 6.85. The fourth-order valence-corrected chi connectivity index (χ4v) is 2.48. The molecule has 21 heavy (non-hydrogen) atoms. The van der Waals surface area contributed by atoms with Crippen molar-refractivity contribution >= 4 is 17.6 Å². The first-order chi connectivity index (χ1) is 10.1. The van der Waals surface area contributed by atoms with Crippen molar-refractivity contribution in [3.05, 3.63) is 36.7 Å². The topological polar surface area (TPSA) is 103 Å². The van der Waals surface area contributed by atoms with Crippen LogP contribution in [0.25, 0.3) is 0 Å². The Hall–Kier alpha value is -2.41. The summed E-state index contributed by atoms with van der Waals surface area (Å²) in [5, 5.41) is 19.0. The van der Waals surface area contributed by atoms with E-state index in [1.165, 1.54) is 18.8 Å². The van der Waals surface area contributed by atoms with Gasteiger partial charge in [0.15, 0.2) is 0 Å². The maximum absolute atomic E-state index is 9.55. The lowest BCUT2D eigenvalue weighted by Crippen LogP contribution is -2.55. The molecule has 3 heterocycles. The van der Waals surface area contributed by atoms with Gasteiger partial charge in [-0.05, 0) is 12.1 Å². The number of nitrogens with one attached hydrogen (secondary N) is 1. The van der Waals surface area contributed by atoms with Gasteiger partial charge in [0.05, 0.1) is 11.9 Å². The van der Waals surface area contributed by atoms with Gasteiger partial charge in [-0.2, -0.15) is 0 Å². The molecule has 1 aromatic heterocycles. The van der Waals surface area contributed by atoms with E-state index in [2.05, 4.69) is 21.3 Å². The fourth-order valence-electron chi connectivity index (χ4n) is 2.48. The van der Waals surface area contributed by atoms with Gasteiger partial charge in [-0.1, -0.05) is 0 Å². The third-order valence-corrected chi connectivity index (χ3v) is 3.48. The summed E-state index contributed by atoms with van der Waals surface area (Å²) < 4.78 is 0. The number of pyridine rings is 1. The number of carbonyl (C=O) groups is 2. The summed E-state index contributed by atoms with van der Waals surface area (Å²) >= 11 is 0. The summed E-state index contributed by atoms with van der Waals surface area (Å²) in [4.78, 5) is 25.7. The van der Waals surface area contributed by atoms with Crippen LogP contribution >= 0.6 is 0 Å². The number of aromatic nitrogens is 1. The summed E-state index contributed by atoms with van der Waals surface area (Å²) in [5.41, 5.74) is 1.27. The number of anilines is 1. The average Bonchev–Trinajstić information content (AvgIpc) is 2.80. The van der Waals surface area contributed by atoms with Gasteiger partial charge in [0.25, 0.3) is 0 Å². The predicted molar refractivity (Wildman–Crippen MR) is 76.1 cm³/mol. The summed E-state index contributed by atoms with van der Waals surface area (Å²) in [7, 11) is 0. The lowest BCUT2D eigenvalue weighted by Gasteiger charge is -2.45. The zero-order valence-electron chi connectivity index (χ0n) is 11.3. The number of nitrogens with zero attached hydrogens (tertiary/aromatic N) is 2. The first kappa shape index (κ1) is 15.0. The first-order valence-corrected chi connectivity index (χ1v) is 6.59. The van der Waals surface area contributed by atoms with Crippen LogP contribution in [0.3, 0.4) is 0 Å². The van der Waals surface area contributed by atoms with Crippen LogP contribution in [0.5, 0.6) is 0 Å². The molecular formula is C14H17N3O4. The van der Waals surface area contributed by atoms with Gasteiger partial charge in [-0.25, -0.2) is 9.59 Å². The Morgan fingerprint density at radius 3 is 2.52 bits per heavy atom. The van der Waals surface area contributed by atoms with Crippen LogP contribution in [0.2, 0.25) is 0 Å². The second-order valence-electron chi connectivity index (χ2n) is 4.86. The van der Waals surface area contributed by atoms with Gasteiger partial charge >= 0.3 is 11.9 Å². The number of aliphatic carboxylic acids is 2. The molecule has 2 atom stereocenters. The Morgan fingerprint density at radius 2 is 2.00 bits per heavy atom. The van der Waals surface area contributed by atoms with E-state index in [0.29, 0.717) is 12.2 Å². The van der Waals surface area contributed by atoms with Crippen LogP contribution in [-0.2, 0) is 9.59 Å². The third-order valence-electron chi connectivity index (χ3n) is 3.48. The average molecular weight is 291 g/mol. The SMILES string of the molecule is O=C(O)/C=C/C(=O)O.c1cncc(N2C[C@H]3CNC[C@H]32)c1.